The maximum atomic E-state index is 10.6. The molecule has 0 amide bonds. The smallest absolute Gasteiger partial charge is 0.303 e. The Labute approximate surface area is 94.9 Å². The lowest BCUT2D eigenvalue weighted by molar-refractivity contribution is -0.136. The van der Waals surface area contributed by atoms with Crippen LogP contribution in [0.1, 0.15) is 33.5 Å². The number of carbonyl (C=O) groups is 2. The predicted molar refractivity (Wildman–Crippen MR) is 62.3 cm³/mol. The monoisotopic (exact) mass is 223 g/mol. The van der Waals surface area contributed by atoms with Gasteiger partial charge in [-0.25, -0.2) is 0 Å². The Bertz CT molecular complexity index is 376. The summed E-state index contributed by atoms with van der Waals surface area (Å²) in [5.74, 6) is -0.798. The van der Waals surface area contributed by atoms with Gasteiger partial charge < -0.3 is 11.3 Å². The van der Waals surface area contributed by atoms with E-state index in [4.69, 9.17) is 5.11 Å². The molecule has 0 spiro atoms. The zero-order valence-corrected chi connectivity index (χ0v) is 9.62. The highest BCUT2D eigenvalue weighted by atomic mass is 16.4. The topological polar surface area (TPSA) is 89.4 Å². The Morgan fingerprint density at radius 3 is 2.19 bits per heavy atom. The maximum Gasteiger partial charge on any atom is 0.303 e. The van der Waals surface area contributed by atoms with Gasteiger partial charge in [-0.2, -0.15) is 0 Å². The lowest BCUT2D eigenvalue weighted by Gasteiger charge is -2.09. The summed E-state index contributed by atoms with van der Waals surface area (Å²) in [6, 6.07) is 3.58. The molecule has 0 saturated heterocycles. The molecule has 0 saturated carbocycles. The van der Waals surface area contributed by atoms with Gasteiger partial charge in [0.25, 0.3) is 0 Å². The first-order chi connectivity index (χ1) is 7.04. The second-order valence-electron chi connectivity index (χ2n) is 3.64. The van der Waals surface area contributed by atoms with Gasteiger partial charge in [0.2, 0.25) is 0 Å². The molecule has 88 valence electrons. The average Bonchev–Trinajstić information content (AvgIpc) is 2.15. The number of aldehydes is 1. The molecule has 0 aliphatic heterocycles. The number of carbonyl (C=O) groups excluding carboxylic acids is 1. The number of hydrogen-bond acceptors (Lipinski definition) is 3. The number of carboxylic acid groups (broad SMARTS) is 1. The van der Waals surface area contributed by atoms with Gasteiger partial charge in [-0.3, -0.25) is 9.59 Å². The van der Waals surface area contributed by atoms with E-state index in [1.807, 2.05) is 13.8 Å². The van der Waals surface area contributed by atoms with Crippen LogP contribution in [0.15, 0.2) is 12.1 Å². The molecule has 0 aliphatic carbocycles. The average molecular weight is 223 g/mol. The Morgan fingerprint density at radius 2 is 1.81 bits per heavy atom. The molecule has 0 aromatic heterocycles. The van der Waals surface area contributed by atoms with E-state index in [-0.39, 0.29) is 12.6 Å². The zero-order valence-electron chi connectivity index (χ0n) is 9.62. The largest absolute Gasteiger partial charge is 0.481 e. The fourth-order valence-corrected chi connectivity index (χ4v) is 1.72. The molecule has 0 aliphatic rings. The normalized spacial score (nSPS) is 9.38. The van der Waals surface area contributed by atoms with Gasteiger partial charge in [-0.05, 0) is 49.1 Å². The highest BCUT2D eigenvalue weighted by Gasteiger charge is 2.06. The molecular formula is C12H17NO3. The Hall–Kier alpha value is -1.68. The van der Waals surface area contributed by atoms with E-state index in [1.165, 1.54) is 0 Å². The van der Waals surface area contributed by atoms with E-state index in [1.54, 1.807) is 12.1 Å². The van der Waals surface area contributed by atoms with Crippen molar-refractivity contribution in [3.63, 3.8) is 0 Å². The molecule has 16 heavy (non-hydrogen) atoms. The summed E-state index contributed by atoms with van der Waals surface area (Å²) >= 11 is 0. The van der Waals surface area contributed by atoms with E-state index < -0.39 is 5.97 Å². The van der Waals surface area contributed by atoms with Gasteiger partial charge in [0, 0.05) is 12.0 Å². The third-order valence-corrected chi connectivity index (χ3v) is 2.44. The van der Waals surface area contributed by atoms with Gasteiger partial charge in [0.05, 0.1) is 0 Å². The van der Waals surface area contributed by atoms with Crippen LogP contribution in [0, 0.1) is 13.8 Å². The fourth-order valence-electron chi connectivity index (χ4n) is 1.72. The fraction of sp³-hybridized carbons (Fsp3) is 0.333. The van der Waals surface area contributed by atoms with Crippen LogP contribution >= 0.6 is 0 Å². The first-order valence-corrected chi connectivity index (χ1v) is 4.81. The number of carboxylic acids is 1. The first kappa shape index (κ1) is 14.3. The molecule has 4 heteroatoms. The number of aryl methyl sites for hydroxylation is 2. The van der Waals surface area contributed by atoms with Gasteiger partial charge in [0.1, 0.15) is 6.29 Å². The highest BCUT2D eigenvalue weighted by molar-refractivity contribution is 5.76. The van der Waals surface area contributed by atoms with Crippen molar-refractivity contribution in [3.8, 4) is 0 Å². The van der Waals surface area contributed by atoms with Crippen molar-refractivity contribution in [1.29, 1.82) is 0 Å². The summed E-state index contributed by atoms with van der Waals surface area (Å²) in [6.07, 6.45) is 1.45. The van der Waals surface area contributed by atoms with Crippen molar-refractivity contribution < 1.29 is 14.7 Å². The van der Waals surface area contributed by atoms with E-state index in [0.717, 1.165) is 23.0 Å². The molecule has 4 nitrogen and oxygen atoms in total. The summed E-state index contributed by atoms with van der Waals surface area (Å²) in [5.41, 5.74) is 3.64. The number of rotatable bonds is 4. The zero-order chi connectivity index (χ0) is 11.4. The summed E-state index contributed by atoms with van der Waals surface area (Å²) < 4.78 is 0. The van der Waals surface area contributed by atoms with Gasteiger partial charge in [0.15, 0.2) is 0 Å². The Balaban J connectivity index is 0.00000225. The molecular weight excluding hydrogens is 206 g/mol. The second kappa shape index (κ2) is 6.02. The van der Waals surface area contributed by atoms with Crippen LogP contribution in [-0.4, -0.2) is 17.4 Å². The SMILES string of the molecule is Cc1cc(C=O)cc(C)c1CCC(=O)O.N. The van der Waals surface area contributed by atoms with Gasteiger partial charge >= 0.3 is 5.97 Å². The first-order valence-electron chi connectivity index (χ1n) is 4.81. The van der Waals surface area contributed by atoms with Crippen LogP contribution in [0.5, 0.6) is 0 Å². The third kappa shape index (κ3) is 3.47. The molecule has 0 fully saturated rings. The lowest BCUT2D eigenvalue weighted by Crippen LogP contribution is -2.02. The Morgan fingerprint density at radius 1 is 1.31 bits per heavy atom. The molecule has 0 unspecified atom stereocenters. The van der Waals surface area contributed by atoms with Crippen molar-refractivity contribution in [1.82, 2.24) is 6.15 Å². The van der Waals surface area contributed by atoms with Gasteiger partial charge in [-0.1, -0.05) is 0 Å². The summed E-state index contributed by atoms with van der Waals surface area (Å²) in [5, 5.41) is 8.60. The molecule has 0 radical (unpaired) electrons. The number of benzene rings is 1. The Kier molecular flexibility index (Phi) is 5.39. The lowest BCUT2D eigenvalue weighted by atomic mass is 9.96. The van der Waals surface area contributed by atoms with Crippen LogP contribution in [0.4, 0.5) is 0 Å². The van der Waals surface area contributed by atoms with E-state index in [2.05, 4.69) is 0 Å². The minimum Gasteiger partial charge on any atom is -0.481 e. The van der Waals surface area contributed by atoms with E-state index in [9.17, 15) is 9.59 Å². The molecule has 0 atom stereocenters. The molecule has 1 aromatic rings. The van der Waals surface area contributed by atoms with E-state index >= 15 is 0 Å². The van der Waals surface area contributed by atoms with Crippen molar-refractivity contribution in [2.75, 3.05) is 0 Å². The second-order valence-corrected chi connectivity index (χ2v) is 3.64. The van der Waals surface area contributed by atoms with E-state index in [0.29, 0.717) is 12.0 Å². The standard InChI is InChI=1S/C12H14O3.H3N/c1-8-5-10(7-13)6-9(2)11(8)3-4-12(14)15;/h5-7H,3-4H2,1-2H3,(H,14,15);1H3. The van der Waals surface area contributed by atoms with Crippen LogP contribution in [0.25, 0.3) is 0 Å². The summed E-state index contributed by atoms with van der Waals surface area (Å²) in [7, 11) is 0. The number of hydrogen-bond donors (Lipinski definition) is 2. The summed E-state index contributed by atoms with van der Waals surface area (Å²) in [6.45, 7) is 3.80. The van der Waals surface area contributed by atoms with Crippen molar-refractivity contribution in [3.05, 3.63) is 34.4 Å². The molecule has 1 rings (SSSR count). The number of aliphatic carboxylic acids is 1. The minimum absolute atomic E-state index is 0. The van der Waals surface area contributed by atoms with Crippen molar-refractivity contribution >= 4 is 12.3 Å². The van der Waals surface area contributed by atoms with Crippen LogP contribution in [0.3, 0.4) is 0 Å². The predicted octanol–water partition coefficient (Wildman–Crippen LogP) is 2.30. The van der Waals surface area contributed by atoms with Gasteiger partial charge in [-0.15, -0.1) is 0 Å². The third-order valence-electron chi connectivity index (χ3n) is 2.44. The molecule has 4 N–H and O–H groups in total. The highest BCUT2D eigenvalue weighted by Crippen LogP contribution is 2.17. The molecule has 0 bridgehead atoms. The minimum atomic E-state index is -0.798. The maximum absolute atomic E-state index is 10.6. The van der Waals surface area contributed by atoms with Crippen LogP contribution in [-0.2, 0) is 11.2 Å². The summed E-state index contributed by atoms with van der Waals surface area (Å²) in [4.78, 5) is 21.1. The quantitative estimate of drug-likeness (QED) is 0.766. The molecule has 1 aromatic carbocycles. The van der Waals surface area contributed by atoms with Crippen LogP contribution in [0.2, 0.25) is 0 Å². The molecule has 0 heterocycles. The van der Waals surface area contributed by atoms with Crippen molar-refractivity contribution in [2.24, 2.45) is 0 Å². The van der Waals surface area contributed by atoms with Crippen LogP contribution < -0.4 is 6.15 Å². The van der Waals surface area contributed by atoms with Crippen molar-refractivity contribution in [2.45, 2.75) is 26.7 Å².